The van der Waals surface area contributed by atoms with Crippen LogP contribution < -0.4 is 0 Å². The van der Waals surface area contributed by atoms with Crippen molar-refractivity contribution >= 4 is 5.78 Å². The lowest BCUT2D eigenvalue weighted by atomic mass is 10.2. The molecular weight excluding hydrogens is 173 g/mol. The molecule has 1 heterocycles. The molecule has 0 unspecified atom stereocenters. The second kappa shape index (κ2) is 2.62. The van der Waals surface area contributed by atoms with Crippen LogP contribution in [0.2, 0.25) is 0 Å². The summed E-state index contributed by atoms with van der Waals surface area (Å²) >= 11 is 0. The van der Waals surface area contributed by atoms with Gasteiger partial charge in [0.25, 0.3) is 5.78 Å². The van der Waals surface area contributed by atoms with Crippen LogP contribution in [0.1, 0.15) is 16.2 Å². The van der Waals surface area contributed by atoms with E-state index >= 15 is 0 Å². The molecule has 0 radical (unpaired) electrons. The molecule has 0 aliphatic carbocycles. The van der Waals surface area contributed by atoms with E-state index in [1.165, 1.54) is 6.92 Å². The first-order chi connectivity index (χ1) is 5.43. The van der Waals surface area contributed by atoms with Crippen molar-refractivity contribution < 1.29 is 18.0 Å². The van der Waals surface area contributed by atoms with Gasteiger partial charge in [0.1, 0.15) is 5.69 Å². The maximum atomic E-state index is 11.8. The molecule has 12 heavy (non-hydrogen) atoms. The highest BCUT2D eigenvalue weighted by Crippen LogP contribution is 2.21. The molecule has 0 aliphatic heterocycles. The Morgan fingerprint density at radius 2 is 2.17 bits per heavy atom. The first-order valence-corrected chi connectivity index (χ1v) is 3.04. The van der Waals surface area contributed by atoms with Crippen LogP contribution in [0.4, 0.5) is 13.2 Å². The minimum atomic E-state index is -4.85. The van der Waals surface area contributed by atoms with Crippen molar-refractivity contribution in [3.8, 4) is 0 Å². The van der Waals surface area contributed by atoms with Crippen molar-refractivity contribution in [2.24, 2.45) is 0 Å². The molecule has 1 aromatic rings. The zero-order valence-electron chi connectivity index (χ0n) is 6.07. The number of rotatable bonds is 1. The predicted molar refractivity (Wildman–Crippen MR) is 33.7 cm³/mol. The Bertz CT molecular complexity index is 302. The summed E-state index contributed by atoms with van der Waals surface area (Å²) in [6.07, 6.45) is -3.80. The maximum Gasteiger partial charge on any atom is 0.456 e. The van der Waals surface area contributed by atoms with Gasteiger partial charge in [-0.25, -0.2) is 4.98 Å². The van der Waals surface area contributed by atoms with Crippen molar-refractivity contribution in [2.45, 2.75) is 13.1 Å². The average Bonchev–Trinajstić information content (AvgIpc) is 2.31. The molecule has 0 saturated heterocycles. The lowest BCUT2D eigenvalue weighted by Crippen LogP contribution is -2.23. The van der Waals surface area contributed by atoms with Crippen molar-refractivity contribution in [1.82, 2.24) is 9.97 Å². The number of halogens is 3. The standard InChI is InChI=1S/C6H5F3N2O/c1-3-4(11-2-10-3)5(12)6(7,8)9/h2H,1H3,(H,10,11). The number of imidazole rings is 1. The van der Waals surface area contributed by atoms with Crippen LogP contribution in [0.3, 0.4) is 0 Å². The topological polar surface area (TPSA) is 45.8 Å². The maximum absolute atomic E-state index is 11.8. The minimum absolute atomic E-state index is 0.123. The van der Waals surface area contributed by atoms with Crippen LogP contribution in [-0.4, -0.2) is 21.9 Å². The van der Waals surface area contributed by atoms with Crippen LogP contribution in [0, 0.1) is 6.92 Å². The SMILES string of the molecule is Cc1[nH]cnc1C(=O)C(F)(F)F. The van der Waals surface area contributed by atoms with E-state index in [4.69, 9.17) is 0 Å². The molecule has 66 valence electrons. The molecule has 0 atom stereocenters. The lowest BCUT2D eigenvalue weighted by Gasteiger charge is -2.01. The third kappa shape index (κ3) is 1.46. The summed E-state index contributed by atoms with van der Waals surface area (Å²) in [6, 6.07) is 0. The van der Waals surface area contributed by atoms with E-state index in [9.17, 15) is 18.0 Å². The van der Waals surface area contributed by atoms with Crippen LogP contribution in [0.15, 0.2) is 6.33 Å². The van der Waals surface area contributed by atoms with Crippen molar-refractivity contribution in [3.05, 3.63) is 17.7 Å². The van der Waals surface area contributed by atoms with Crippen LogP contribution >= 0.6 is 0 Å². The Morgan fingerprint density at radius 1 is 1.58 bits per heavy atom. The van der Waals surface area contributed by atoms with E-state index < -0.39 is 17.7 Å². The Balaban J connectivity index is 3.01. The van der Waals surface area contributed by atoms with Gasteiger partial charge < -0.3 is 4.98 Å². The minimum Gasteiger partial charge on any atom is -0.348 e. The molecular formula is C6H5F3N2O. The van der Waals surface area contributed by atoms with Gasteiger partial charge in [0.2, 0.25) is 0 Å². The summed E-state index contributed by atoms with van der Waals surface area (Å²) in [4.78, 5) is 16.2. The molecule has 6 heteroatoms. The molecule has 1 rings (SSSR count). The normalized spacial score (nSPS) is 11.7. The van der Waals surface area contributed by atoms with Crippen LogP contribution in [-0.2, 0) is 0 Å². The van der Waals surface area contributed by atoms with E-state index in [0.717, 1.165) is 6.33 Å². The lowest BCUT2D eigenvalue weighted by molar-refractivity contribution is -0.0888. The van der Waals surface area contributed by atoms with Gasteiger partial charge in [-0.1, -0.05) is 0 Å². The summed E-state index contributed by atoms with van der Waals surface area (Å²) in [6.45, 7) is 1.35. The summed E-state index contributed by atoms with van der Waals surface area (Å²) in [7, 11) is 0. The number of hydrogen-bond donors (Lipinski definition) is 1. The fraction of sp³-hybridized carbons (Fsp3) is 0.333. The molecule has 0 spiro atoms. The van der Waals surface area contributed by atoms with Gasteiger partial charge in [0.15, 0.2) is 0 Å². The van der Waals surface area contributed by atoms with E-state index in [1.54, 1.807) is 0 Å². The Hall–Kier alpha value is -1.33. The fourth-order valence-electron chi connectivity index (χ4n) is 0.722. The fourth-order valence-corrected chi connectivity index (χ4v) is 0.722. The second-order valence-electron chi connectivity index (χ2n) is 2.20. The number of aryl methyl sites for hydroxylation is 1. The number of aromatic nitrogens is 2. The number of ketones is 1. The summed E-state index contributed by atoms with van der Waals surface area (Å²) < 4.78 is 35.4. The van der Waals surface area contributed by atoms with Gasteiger partial charge in [0, 0.05) is 5.69 Å². The van der Waals surface area contributed by atoms with Gasteiger partial charge >= 0.3 is 6.18 Å². The molecule has 0 aromatic carbocycles. The third-order valence-electron chi connectivity index (χ3n) is 1.30. The molecule has 1 aromatic heterocycles. The first kappa shape index (κ1) is 8.76. The first-order valence-electron chi connectivity index (χ1n) is 3.04. The van der Waals surface area contributed by atoms with E-state index in [-0.39, 0.29) is 5.69 Å². The van der Waals surface area contributed by atoms with E-state index in [1.807, 2.05) is 0 Å². The van der Waals surface area contributed by atoms with Crippen LogP contribution in [0.25, 0.3) is 0 Å². The molecule has 0 bridgehead atoms. The number of hydrogen-bond acceptors (Lipinski definition) is 2. The number of carbonyl (C=O) groups excluding carboxylic acids is 1. The number of nitrogens with zero attached hydrogens (tertiary/aromatic N) is 1. The Labute approximate surface area is 65.6 Å². The van der Waals surface area contributed by atoms with E-state index in [0.29, 0.717) is 0 Å². The largest absolute Gasteiger partial charge is 0.456 e. The highest BCUT2D eigenvalue weighted by Gasteiger charge is 2.41. The summed E-state index contributed by atoms with van der Waals surface area (Å²) in [5.74, 6) is -1.92. The van der Waals surface area contributed by atoms with Gasteiger partial charge in [0.05, 0.1) is 6.33 Å². The number of alkyl halides is 3. The number of aromatic amines is 1. The molecule has 0 amide bonds. The Morgan fingerprint density at radius 3 is 2.50 bits per heavy atom. The van der Waals surface area contributed by atoms with Crippen molar-refractivity contribution in [1.29, 1.82) is 0 Å². The van der Waals surface area contributed by atoms with Gasteiger partial charge in [-0.3, -0.25) is 4.79 Å². The monoisotopic (exact) mass is 178 g/mol. The number of Topliss-reactive ketones (excluding diaryl/α,β-unsaturated/α-hetero) is 1. The molecule has 0 fully saturated rings. The number of carbonyl (C=O) groups is 1. The number of H-pyrrole nitrogens is 1. The smallest absolute Gasteiger partial charge is 0.348 e. The highest BCUT2D eigenvalue weighted by atomic mass is 19.4. The zero-order valence-corrected chi connectivity index (χ0v) is 6.07. The molecule has 1 N–H and O–H groups in total. The summed E-state index contributed by atoms with van der Waals surface area (Å²) in [5.41, 5.74) is -0.445. The zero-order chi connectivity index (χ0) is 9.35. The molecule has 3 nitrogen and oxygen atoms in total. The predicted octanol–water partition coefficient (Wildman–Crippen LogP) is 1.46. The summed E-state index contributed by atoms with van der Waals surface area (Å²) in [5, 5.41) is 0. The van der Waals surface area contributed by atoms with Crippen molar-refractivity contribution in [3.63, 3.8) is 0 Å². The van der Waals surface area contributed by atoms with Gasteiger partial charge in [-0.05, 0) is 6.92 Å². The molecule has 0 saturated carbocycles. The average molecular weight is 178 g/mol. The van der Waals surface area contributed by atoms with Gasteiger partial charge in [-0.15, -0.1) is 0 Å². The Kier molecular flexibility index (Phi) is 1.91. The highest BCUT2D eigenvalue weighted by molar-refractivity contribution is 5.99. The van der Waals surface area contributed by atoms with Crippen molar-refractivity contribution in [2.75, 3.05) is 0 Å². The number of nitrogens with one attached hydrogen (secondary N) is 1. The van der Waals surface area contributed by atoms with Gasteiger partial charge in [-0.2, -0.15) is 13.2 Å². The third-order valence-corrected chi connectivity index (χ3v) is 1.30. The van der Waals surface area contributed by atoms with Crippen LogP contribution in [0.5, 0.6) is 0 Å². The quantitative estimate of drug-likeness (QED) is 0.661. The molecule has 0 aliphatic rings. The second-order valence-corrected chi connectivity index (χ2v) is 2.20. The van der Waals surface area contributed by atoms with E-state index in [2.05, 4.69) is 9.97 Å².